The van der Waals surface area contributed by atoms with Gasteiger partial charge >= 0.3 is 0 Å². The molecule has 1 aliphatic heterocycles. The summed E-state index contributed by atoms with van der Waals surface area (Å²) in [4.78, 5) is 11.5. The van der Waals surface area contributed by atoms with Crippen molar-refractivity contribution in [1.29, 1.82) is 0 Å². The Labute approximate surface area is 81.2 Å². The van der Waals surface area contributed by atoms with Crippen LogP contribution in [0.1, 0.15) is 19.8 Å². The molecule has 2 rings (SSSR count). The van der Waals surface area contributed by atoms with Gasteiger partial charge < -0.3 is 5.32 Å². The first kappa shape index (κ1) is 8.75. The molecule has 68 valence electrons. The molecule has 2 fully saturated rings. The summed E-state index contributed by atoms with van der Waals surface area (Å²) in [5.41, 5.74) is 0.154. The van der Waals surface area contributed by atoms with Crippen molar-refractivity contribution >= 4 is 29.4 Å². The van der Waals surface area contributed by atoms with E-state index in [9.17, 15) is 4.79 Å². The van der Waals surface area contributed by atoms with E-state index < -0.39 is 0 Å². The molecule has 0 aromatic carbocycles. The van der Waals surface area contributed by atoms with Crippen molar-refractivity contribution in [3.63, 3.8) is 0 Å². The lowest BCUT2D eigenvalue weighted by Gasteiger charge is -2.14. The maximum atomic E-state index is 11.5. The summed E-state index contributed by atoms with van der Waals surface area (Å²) in [6.07, 6.45) is 2.31. The first-order chi connectivity index (χ1) is 5.70. The summed E-state index contributed by atoms with van der Waals surface area (Å²) in [5.74, 6) is 2.49. The monoisotopic (exact) mass is 203 g/mol. The van der Waals surface area contributed by atoms with Crippen LogP contribution >= 0.6 is 23.5 Å². The summed E-state index contributed by atoms with van der Waals surface area (Å²) in [7, 11) is 0. The number of hydrogen-bond donors (Lipinski definition) is 1. The normalized spacial score (nSPS) is 27.1. The average Bonchev–Trinajstić information content (AvgIpc) is 2.55. The Hall–Kier alpha value is 0.170. The maximum absolute atomic E-state index is 11.5. The number of nitrogens with one attached hydrogen (secondary N) is 1. The van der Waals surface area contributed by atoms with E-state index in [1.165, 1.54) is 0 Å². The van der Waals surface area contributed by atoms with Crippen LogP contribution in [0, 0.1) is 0 Å². The minimum Gasteiger partial charge on any atom is -0.349 e. The van der Waals surface area contributed by atoms with Gasteiger partial charge in [0.15, 0.2) is 0 Å². The van der Waals surface area contributed by atoms with E-state index in [2.05, 4.69) is 12.2 Å². The minimum absolute atomic E-state index is 0.154. The van der Waals surface area contributed by atoms with Crippen LogP contribution in [-0.4, -0.2) is 27.5 Å². The summed E-state index contributed by atoms with van der Waals surface area (Å²) < 4.78 is 0.169. The maximum Gasteiger partial charge on any atom is 0.243 e. The van der Waals surface area contributed by atoms with Crippen molar-refractivity contribution in [3.05, 3.63) is 0 Å². The second-order valence-electron chi connectivity index (χ2n) is 3.62. The molecule has 0 aromatic heterocycles. The standard InChI is InChI=1S/C8H13NOS2/c1-8(2-3-8)9-6(10)7-11-4-5-12-7/h7H,2-5H2,1H3,(H,9,10). The van der Waals surface area contributed by atoms with Crippen LogP contribution in [0.2, 0.25) is 0 Å². The van der Waals surface area contributed by atoms with Crippen molar-refractivity contribution in [3.8, 4) is 0 Å². The van der Waals surface area contributed by atoms with Crippen LogP contribution < -0.4 is 5.32 Å². The molecule has 2 nitrogen and oxygen atoms in total. The fourth-order valence-electron chi connectivity index (χ4n) is 1.18. The molecule has 0 spiro atoms. The Bertz CT molecular complexity index is 197. The first-order valence-corrected chi connectivity index (χ1v) is 6.35. The zero-order valence-electron chi connectivity index (χ0n) is 7.13. The van der Waals surface area contributed by atoms with Gasteiger partial charge in [-0.25, -0.2) is 0 Å². The number of carbonyl (C=O) groups excluding carboxylic acids is 1. The quantitative estimate of drug-likeness (QED) is 0.737. The smallest absolute Gasteiger partial charge is 0.243 e. The van der Waals surface area contributed by atoms with Gasteiger partial charge in [0.25, 0.3) is 0 Å². The van der Waals surface area contributed by atoms with Gasteiger partial charge in [-0.3, -0.25) is 4.79 Å². The molecule has 1 saturated carbocycles. The van der Waals surface area contributed by atoms with E-state index >= 15 is 0 Å². The lowest BCUT2D eigenvalue weighted by molar-refractivity contribution is -0.119. The lowest BCUT2D eigenvalue weighted by atomic mass is 10.3. The van der Waals surface area contributed by atoms with E-state index in [1.54, 1.807) is 23.5 Å². The van der Waals surface area contributed by atoms with Crippen molar-refractivity contribution in [1.82, 2.24) is 5.32 Å². The predicted molar refractivity (Wildman–Crippen MR) is 54.5 cm³/mol. The molecule has 0 bridgehead atoms. The van der Waals surface area contributed by atoms with Gasteiger partial charge in [0, 0.05) is 17.0 Å². The molecule has 4 heteroatoms. The highest BCUT2D eigenvalue weighted by molar-refractivity contribution is 8.21. The van der Waals surface area contributed by atoms with Crippen LogP contribution in [-0.2, 0) is 4.79 Å². The van der Waals surface area contributed by atoms with E-state index in [0.717, 1.165) is 24.3 Å². The third-order valence-corrected chi connectivity index (χ3v) is 5.25. The van der Waals surface area contributed by atoms with Gasteiger partial charge in [0.1, 0.15) is 4.58 Å². The van der Waals surface area contributed by atoms with Gasteiger partial charge in [0.05, 0.1) is 0 Å². The summed E-state index contributed by atoms with van der Waals surface area (Å²) in [5, 5.41) is 3.09. The highest BCUT2D eigenvalue weighted by Crippen LogP contribution is 2.37. The van der Waals surface area contributed by atoms with Gasteiger partial charge in [-0.15, -0.1) is 23.5 Å². The average molecular weight is 203 g/mol. The fraction of sp³-hybridized carbons (Fsp3) is 0.875. The van der Waals surface area contributed by atoms with Gasteiger partial charge in [-0.2, -0.15) is 0 Å². The molecule has 0 radical (unpaired) electrons. The molecule has 2 aliphatic rings. The highest BCUT2D eigenvalue weighted by Gasteiger charge is 2.40. The van der Waals surface area contributed by atoms with Crippen LogP contribution in [0.25, 0.3) is 0 Å². The van der Waals surface area contributed by atoms with Gasteiger partial charge in [-0.1, -0.05) is 0 Å². The molecular formula is C8H13NOS2. The molecule has 1 N–H and O–H groups in total. The van der Waals surface area contributed by atoms with Gasteiger partial charge in [0.2, 0.25) is 5.91 Å². The molecule has 1 amide bonds. The van der Waals surface area contributed by atoms with E-state index in [4.69, 9.17) is 0 Å². The zero-order valence-corrected chi connectivity index (χ0v) is 8.76. The molecule has 1 saturated heterocycles. The number of hydrogen-bond acceptors (Lipinski definition) is 3. The zero-order chi connectivity index (χ0) is 8.60. The SMILES string of the molecule is CC1(NC(=O)C2SCCS2)CC1. The first-order valence-electron chi connectivity index (χ1n) is 4.25. The van der Waals surface area contributed by atoms with Crippen molar-refractivity contribution in [2.75, 3.05) is 11.5 Å². The van der Waals surface area contributed by atoms with Crippen molar-refractivity contribution in [2.45, 2.75) is 29.9 Å². The summed E-state index contributed by atoms with van der Waals surface area (Å²) in [6, 6.07) is 0. The molecule has 0 aromatic rings. The third kappa shape index (κ3) is 1.91. The second kappa shape index (κ2) is 3.14. The van der Waals surface area contributed by atoms with E-state index in [0.29, 0.717) is 0 Å². The number of carbonyl (C=O) groups is 1. The highest BCUT2D eigenvalue weighted by atomic mass is 32.2. The number of amides is 1. The Morgan fingerprint density at radius 3 is 2.50 bits per heavy atom. The van der Waals surface area contributed by atoms with E-state index in [-0.39, 0.29) is 16.0 Å². The largest absolute Gasteiger partial charge is 0.349 e. The molecule has 0 atom stereocenters. The summed E-state index contributed by atoms with van der Waals surface area (Å²) in [6.45, 7) is 2.12. The van der Waals surface area contributed by atoms with Crippen LogP contribution in [0.4, 0.5) is 0 Å². The fourth-order valence-corrected chi connectivity index (χ4v) is 3.76. The summed E-state index contributed by atoms with van der Waals surface area (Å²) >= 11 is 3.54. The third-order valence-electron chi connectivity index (χ3n) is 2.26. The molecular weight excluding hydrogens is 190 g/mol. The van der Waals surface area contributed by atoms with Crippen LogP contribution in [0.15, 0.2) is 0 Å². The second-order valence-corrected chi connectivity index (χ2v) is 6.35. The Morgan fingerprint density at radius 2 is 2.00 bits per heavy atom. The Kier molecular flexibility index (Phi) is 2.29. The molecule has 12 heavy (non-hydrogen) atoms. The topological polar surface area (TPSA) is 29.1 Å². The Morgan fingerprint density at radius 1 is 1.42 bits per heavy atom. The van der Waals surface area contributed by atoms with Crippen LogP contribution in [0.3, 0.4) is 0 Å². The number of thioether (sulfide) groups is 2. The molecule has 1 heterocycles. The number of rotatable bonds is 2. The Balaban J connectivity index is 1.83. The minimum atomic E-state index is 0.154. The molecule has 0 unspecified atom stereocenters. The van der Waals surface area contributed by atoms with Crippen molar-refractivity contribution in [2.24, 2.45) is 0 Å². The van der Waals surface area contributed by atoms with Gasteiger partial charge in [-0.05, 0) is 19.8 Å². The predicted octanol–water partition coefficient (Wildman–Crippen LogP) is 1.46. The lowest BCUT2D eigenvalue weighted by Crippen LogP contribution is -2.38. The van der Waals surface area contributed by atoms with Crippen molar-refractivity contribution < 1.29 is 4.79 Å². The molecule has 1 aliphatic carbocycles. The van der Waals surface area contributed by atoms with Crippen LogP contribution in [0.5, 0.6) is 0 Å². The van der Waals surface area contributed by atoms with E-state index in [1.807, 2.05) is 0 Å².